The van der Waals surface area contributed by atoms with Gasteiger partial charge >= 0.3 is 18.1 Å². The van der Waals surface area contributed by atoms with Crippen molar-refractivity contribution in [2.24, 2.45) is 11.8 Å². The molecule has 0 bridgehead atoms. The van der Waals surface area contributed by atoms with Crippen molar-refractivity contribution in [3.8, 4) is 16.9 Å². The molecule has 2 N–H and O–H groups in total. The highest BCUT2D eigenvalue weighted by atomic mass is 19.4. The lowest BCUT2D eigenvalue weighted by atomic mass is 9.76. The minimum atomic E-state index is -5.08. The van der Waals surface area contributed by atoms with Crippen molar-refractivity contribution in [3.63, 3.8) is 0 Å². The molecule has 2 heterocycles. The van der Waals surface area contributed by atoms with E-state index in [1.165, 1.54) is 14.2 Å². The van der Waals surface area contributed by atoms with Crippen molar-refractivity contribution in [1.29, 1.82) is 0 Å². The molecule has 43 heavy (non-hydrogen) atoms. The van der Waals surface area contributed by atoms with Gasteiger partial charge in [0.15, 0.2) is 0 Å². The summed E-state index contributed by atoms with van der Waals surface area (Å²) in [5.74, 6) is -4.76. The van der Waals surface area contributed by atoms with E-state index < -0.39 is 41.5 Å². The zero-order chi connectivity index (χ0) is 31.5. The van der Waals surface area contributed by atoms with E-state index in [4.69, 9.17) is 19.4 Å². The molecule has 0 unspecified atom stereocenters. The number of hydrogen-bond acceptors (Lipinski definition) is 7. The number of carbonyl (C=O) groups is 4. The van der Waals surface area contributed by atoms with Gasteiger partial charge in [-0.3, -0.25) is 24.6 Å². The summed E-state index contributed by atoms with van der Waals surface area (Å²) in [5, 5.41) is 10.5. The molecule has 2 fully saturated rings. The van der Waals surface area contributed by atoms with Gasteiger partial charge in [0.25, 0.3) is 0 Å². The highest BCUT2D eigenvalue weighted by Gasteiger charge is 2.68. The Morgan fingerprint density at radius 3 is 1.93 bits per heavy atom. The lowest BCUT2D eigenvalue weighted by Gasteiger charge is -2.32. The van der Waals surface area contributed by atoms with Crippen molar-refractivity contribution in [2.45, 2.75) is 24.2 Å². The maximum absolute atomic E-state index is 13.3. The fourth-order valence-corrected chi connectivity index (χ4v) is 5.62. The number of nitrogens with zero attached hydrogens (tertiary/aromatic N) is 1. The van der Waals surface area contributed by atoms with Crippen molar-refractivity contribution < 1.29 is 46.9 Å². The number of rotatable bonds is 6. The van der Waals surface area contributed by atoms with Gasteiger partial charge in [-0.05, 0) is 34.4 Å². The topological polar surface area (TPSA) is 122 Å². The largest absolute Gasteiger partial charge is 0.497 e. The number of carbonyl (C=O) groups excluding carboxylic acids is 3. The van der Waals surface area contributed by atoms with Crippen LogP contribution in [0.3, 0.4) is 0 Å². The van der Waals surface area contributed by atoms with Gasteiger partial charge in [0.1, 0.15) is 11.3 Å². The summed E-state index contributed by atoms with van der Waals surface area (Å²) in [7, 11) is 4.43. The van der Waals surface area contributed by atoms with Crippen LogP contribution < -0.4 is 10.1 Å². The van der Waals surface area contributed by atoms with E-state index in [-0.39, 0.29) is 18.2 Å². The van der Waals surface area contributed by atoms with Gasteiger partial charge in [-0.1, -0.05) is 66.7 Å². The molecule has 4 atom stereocenters. The molecule has 3 aromatic rings. The van der Waals surface area contributed by atoms with Crippen LogP contribution in [0.5, 0.6) is 5.75 Å². The predicted molar refractivity (Wildman–Crippen MR) is 148 cm³/mol. The fourth-order valence-electron chi connectivity index (χ4n) is 5.62. The maximum Gasteiger partial charge on any atom is 0.490 e. The van der Waals surface area contributed by atoms with E-state index >= 15 is 0 Å². The molecule has 2 saturated heterocycles. The van der Waals surface area contributed by atoms with E-state index in [1.807, 2.05) is 78.9 Å². The number of alkyl halides is 3. The lowest BCUT2D eigenvalue weighted by molar-refractivity contribution is -0.192. The Hall–Kier alpha value is -4.71. The van der Waals surface area contributed by atoms with Gasteiger partial charge in [0.2, 0.25) is 11.8 Å². The molecule has 2 aliphatic rings. The summed E-state index contributed by atoms with van der Waals surface area (Å²) in [6.45, 7) is 0. The van der Waals surface area contributed by atoms with E-state index in [0.29, 0.717) is 0 Å². The molecular weight excluding hydrogens is 569 g/mol. The van der Waals surface area contributed by atoms with Crippen molar-refractivity contribution >= 4 is 23.8 Å². The Labute approximate surface area is 245 Å². The number of nitrogens with one attached hydrogen (secondary N) is 1. The number of esters is 1. The molecule has 2 amide bonds. The Morgan fingerprint density at radius 2 is 1.44 bits per heavy atom. The molecule has 9 nitrogen and oxygen atoms in total. The van der Waals surface area contributed by atoms with Crippen LogP contribution in [0.4, 0.5) is 13.2 Å². The predicted octanol–water partition coefficient (Wildman–Crippen LogP) is 4.03. The molecule has 2 aliphatic heterocycles. The Morgan fingerprint density at radius 1 is 0.907 bits per heavy atom. The van der Waals surface area contributed by atoms with Crippen LogP contribution in [0.1, 0.15) is 17.2 Å². The first-order valence-corrected chi connectivity index (χ1v) is 13.1. The number of carboxylic acid groups (broad SMARTS) is 1. The van der Waals surface area contributed by atoms with Gasteiger partial charge < -0.3 is 14.6 Å². The third-order valence-corrected chi connectivity index (χ3v) is 7.69. The average Bonchev–Trinajstić information content (AvgIpc) is 3.46. The van der Waals surface area contributed by atoms with E-state index in [1.54, 1.807) is 7.11 Å². The molecule has 12 heteroatoms. The van der Waals surface area contributed by atoms with Crippen LogP contribution in [0.2, 0.25) is 0 Å². The number of carboxylic acids is 1. The number of imide groups is 1. The van der Waals surface area contributed by atoms with Crippen LogP contribution in [0.15, 0.2) is 78.9 Å². The molecule has 0 radical (unpaired) electrons. The number of hydrogen-bond donors (Lipinski definition) is 2. The second kappa shape index (κ2) is 12.3. The Kier molecular flexibility index (Phi) is 8.90. The van der Waals surface area contributed by atoms with Crippen LogP contribution >= 0.6 is 0 Å². The molecule has 5 rings (SSSR count). The normalized spacial score (nSPS) is 22.8. The summed E-state index contributed by atoms with van der Waals surface area (Å²) in [4.78, 5) is 50.0. The summed E-state index contributed by atoms with van der Waals surface area (Å²) < 4.78 is 42.2. The van der Waals surface area contributed by atoms with Gasteiger partial charge in [0.05, 0.1) is 26.1 Å². The molecular formula is C31H29F3N2O7. The van der Waals surface area contributed by atoms with Crippen molar-refractivity contribution in [1.82, 2.24) is 10.2 Å². The van der Waals surface area contributed by atoms with Crippen molar-refractivity contribution in [3.05, 3.63) is 90.0 Å². The van der Waals surface area contributed by atoms with Gasteiger partial charge in [-0.15, -0.1) is 0 Å². The molecule has 0 aliphatic carbocycles. The lowest BCUT2D eigenvalue weighted by Crippen LogP contribution is -2.57. The highest BCUT2D eigenvalue weighted by molar-refractivity contribution is 6.09. The maximum atomic E-state index is 13.3. The number of fused-ring (bicyclic) bond motifs is 1. The SMILES string of the molecule is COC(=O)[C@]1(Cc2ccccc2)N[C@H](c2ccc(-c3ccc(OC)cc3)cc2)[C@@H]2C(=O)N(C)C(=O)[C@@H]21.O=C(O)C(F)(F)F. The van der Waals surface area contributed by atoms with Gasteiger partial charge in [-0.25, -0.2) is 4.79 Å². The summed E-state index contributed by atoms with van der Waals surface area (Å²) in [5.41, 5.74) is 2.37. The Balaban J connectivity index is 0.000000541. The number of amides is 2. The average molecular weight is 599 g/mol. The van der Waals surface area contributed by atoms with Crippen LogP contribution in [0, 0.1) is 11.8 Å². The monoisotopic (exact) mass is 598 g/mol. The number of benzene rings is 3. The molecule has 0 aromatic heterocycles. The van der Waals surface area contributed by atoms with E-state index in [2.05, 4.69) is 5.32 Å². The zero-order valence-corrected chi connectivity index (χ0v) is 23.4. The van der Waals surface area contributed by atoms with Crippen LogP contribution in [-0.2, 0) is 30.3 Å². The third kappa shape index (κ3) is 6.09. The van der Waals surface area contributed by atoms with Gasteiger partial charge in [-0.2, -0.15) is 13.2 Å². The minimum Gasteiger partial charge on any atom is -0.497 e. The summed E-state index contributed by atoms with van der Waals surface area (Å²) in [6.07, 6.45) is -4.85. The third-order valence-electron chi connectivity index (χ3n) is 7.69. The van der Waals surface area contributed by atoms with E-state index in [0.717, 1.165) is 32.9 Å². The molecule has 0 saturated carbocycles. The number of methoxy groups -OCH3 is 2. The quantitative estimate of drug-likeness (QED) is 0.322. The van der Waals surface area contributed by atoms with E-state index in [9.17, 15) is 27.6 Å². The minimum absolute atomic E-state index is 0.231. The number of ether oxygens (including phenoxy) is 2. The van der Waals surface area contributed by atoms with Crippen LogP contribution in [-0.4, -0.2) is 66.7 Å². The second-order valence-corrected chi connectivity index (χ2v) is 10.1. The first kappa shape index (κ1) is 31.2. The zero-order valence-electron chi connectivity index (χ0n) is 23.4. The first-order chi connectivity index (χ1) is 20.3. The fraction of sp³-hybridized carbons (Fsp3) is 0.290. The molecule has 226 valence electrons. The second-order valence-electron chi connectivity index (χ2n) is 10.1. The smallest absolute Gasteiger partial charge is 0.490 e. The summed E-state index contributed by atoms with van der Waals surface area (Å²) in [6, 6.07) is 24.6. The van der Waals surface area contributed by atoms with Gasteiger partial charge in [0, 0.05) is 19.5 Å². The summed E-state index contributed by atoms with van der Waals surface area (Å²) >= 11 is 0. The number of aliphatic carboxylic acids is 1. The molecule has 0 spiro atoms. The van der Waals surface area contributed by atoms with Crippen molar-refractivity contribution in [2.75, 3.05) is 21.3 Å². The molecule has 3 aromatic carbocycles. The standard InChI is InChI=1S/C29H28N2O5.C2HF3O2/c1-31-26(32)23-24(27(31)33)29(28(34)36-3,17-18-7-5-4-6-8-18)30-25(23)21-11-9-19(10-12-21)20-13-15-22(35-2)16-14-20;3-2(4,5)1(6)7/h4-16,23-25,30H,17H2,1-3H3;(H,6,7)/t23-,24-,25-,29-;/m1./s1. The number of halogens is 3. The van der Waals surface area contributed by atoms with Crippen LogP contribution in [0.25, 0.3) is 11.1 Å². The highest BCUT2D eigenvalue weighted by Crippen LogP contribution is 2.50. The Bertz CT molecular complexity index is 1490. The number of likely N-dealkylation sites (tertiary alicyclic amines) is 1. The first-order valence-electron chi connectivity index (χ1n) is 13.1.